The van der Waals surface area contributed by atoms with E-state index in [1.165, 1.54) is 0 Å². The molecule has 0 aromatic heterocycles. The van der Waals surface area contributed by atoms with Crippen molar-refractivity contribution in [1.29, 1.82) is 0 Å². The Morgan fingerprint density at radius 1 is 1.56 bits per heavy atom. The average molecular weight is 298 g/mol. The van der Waals surface area contributed by atoms with Crippen LogP contribution in [0.3, 0.4) is 0 Å². The molecule has 6 heteroatoms. The van der Waals surface area contributed by atoms with Crippen molar-refractivity contribution < 1.29 is 13.5 Å². The number of hydrogen-bond donors (Lipinski definition) is 2. The summed E-state index contributed by atoms with van der Waals surface area (Å²) in [5.41, 5.74) is -0.664. The van der Waals surface area contributed by atoms with Crippen LogP contribution >= 0.6 is 11.6 Å². The second-order valence-electron chi connectivity index (χ2n) is 5.78. The molecule has 1 aliphatic carbocycles. The lowest BCUT2D eigenvalue weighted by molar-refractivity contribution is 0.119. The highest BCUT2D eigenvalue weighted by Gasteiger charge is 2.38. The van der Waals surface area contributed by atoms with Crippen LogP contribution in [0.2, 0.25) is 0 Å². The van der Waals surface area contributed by atoms with Gasteiger partial charge in [0.1, 0.15) is 0 Å². The number of hydrogen-bond acceptors (Lipinski definition) is 3. The van der Waals surface area contributed by atoms with Gasteiger partial charge in [0, 0.05) is 5.88 Å². The molecule has 0 amide bonds. The molecule has 0 radical (unpaired) electrons. The summed E-state index contributed by atoms with van der Waals surface area (Å²) in [5, 5.41) is 9.56. The summed E-state index contributed by atoms with van der Waals surface area (Å²) < 4.78 is 26.8. The van der Waals surface area contributed by atoms with Gasteiger partial charge in [0.15, 0.2) is 0 Å². The van der Waals surface area contributed by atoms with E-state index in [0.717, 1.165) is 12.8 Å². The molecule has 1 saturated carbocycles. The van der Waals surface area contributed by atoms with Crippen LogP contribution in [0.15, 0.2) is 0 Å². The van der Waals surface area contributed by atoms with Gasteiger partial charge in [-0.25, -0.2) is 13.1 Å². The molecule has 4 nitrogen and oxygen atoms in total. The summed E-state index contributed by atoms with van der Waals surface area (Å²) in [6, 6.07) is 0. The first-order valence-electron chi connectivity index (χ1n) is 6.51. The van der Waals surface area contributed by atoms with Gasteiger partial charge in [-0.1, -0.05) is 26.7 Å². The fourth-order valence-corrected chi connectivity index (χ4v) is 4.82. The molecule has 0 heterocycles. The second-order valence-corrected chi connectivity index (χ2v) is 7.86. The van der Waals surface area contributed by atoms with E-state index in [-0.39, 0.29) is 18.3 Å². The summed E-state index contributed by atoms with van der Waals surface area (Å²) in [6.45, 7) is 3.77. The summed E-state index contributed by atoms with van der Waals surface area (Å²) in [4.78, 5) is 0. The summed E-state index contributed by atoms with van der Waals surface area (Å²) in [6.07, 6.45) is 3.47. The minimum absolute atomic E-state index is 0.0205. The van der Waals surface area contributed by atoms with E-state index in [9.17, 15) is 13.5 Å². The van der Waals surface area contributed by atoms with Gasteiger partial charge in [0.25, 0.3) is 0 Å². The van der Waals surface area contributed by atoms with Crippen LogP contribution in [-0.2, 0) is 10.0 Å². The van der Waals surface area contributed by atoms with Crippen molar-refractivity contribution in [3.8, 4) is 0 Å². The first-order chi connectivity index (χ1) is 8.32. The van der Waals surface area contributed by atoms with Gasteiger partial charge in [0.05, 0.1) is 17.9 Å². The zero-order valence-electron chi connectivity index (χ0n) is 11.2. The van der Waals surface area contributed by atoms with Gasteiger partial charge >= 0.3 is 0 Å². The summed E-state index contributed by atoms with van der Waals surface area (Å²) in [7, 11) is -3.38. The molecule has 1 aliphatic rings. The smallest absolute Gasteiger partial charge is 0.212 e. The summed E-state index contributed by atoms with van der Waals surface area (Å²) >= 11 is 5.65. The number of halogens is 1. The van der Waals surface area contributed by atoms with Gasteiger partial charge in [-0.15, -0.1) is 11.6 Å². The van der Waals surface area contributed by atoms with Gasteiger partial charge < -0.3 is 5.11 Å². The lowest BCUT2D eigenvalue weighted by Crippen LogP contribution is -2.54. The van der Waals surface area contributed by atoms with Crippen molar-refractivity contribution in [2.75, 3.05) is 18.2 Å². The monoisotopic (exact) mass is 297 g/mol. The fourth-order valence-electron chi connectivity index (χ4n) is 2.72. The van der Waals surface area contributed by atoms with Crippen LogP contribution in [0.4, 0.5) is 0 Å². The van der Waals surface area contributed by atoms with Crippen LogP contribution in [0.5, 0.6) is 0 Å². The molecule has 0 bridgehead atoms. The fraction of sp³-hybridized carbons (Fsp3) is 1.00. The third kappa shape index (κ3) is 4.68. The molecule has 3 unspecified atom stereocenters. The Morgan fingerprint density at radius 3 is 2.72 bits per heavy atom. The highest BCUT2D eigenvalue weighted by Crippen LogP contribution is 2.32. The normalized spacial score (nSPS) is 31.2. The number of nitrogens with one attached hydrogen (secondary N) is 1. The van der Waals surface area contributed by atoms with Gasteiger partial charge in [-0.05, 0) is 24.7 Å². The Bertz CT molecular complexity index is 360. The average Bonchev–Trinajstić information content (AvgIpc) is 2.27. The molecular weight excluding hydrogens is 274 g/mol. The number of aliphatic hydroxyl groups excluding tert-OH is 1. The number of alkyl halides is 1. The van der Waals surface area contributed by atoms with E-state index >= 15 is 0 Å². The minimum Gasteiger partial charge on any atom is -0.394 e. The zero-order valence-corrected chi connectivity index (χ0v) is 12.7. The Labute approximate surface area is 115 Å². The molecule has 1 rings (SSSR count). The first kappa shape index (κ1) is 16.2. The van der Waals surface area contributed by atoms with Crippen LogP contribution in [0.25, 0.3) is 0 Å². The molecule has 108 valence electrons. The van der Waals surface area contributed by atoms with Crippen LogP contribution < -0.4 is 4.72 Å². The zero-order chi connectivity index (χ0) is 13.8. The molecular formula is C12H24ClNO3S. The molecule has 0 aromatic carbocycles. The number of rotatable bonds is 6. The van der Waals surface area contributed by atoms with Gasteiger partial charge in [0.2, 0.25) is 10.0 Å². The van der Waals surface area contributed by atoms with Gasteiger partial charge in [-0.3, -0.25) is 0 Å². The van der Waals surface area contributed by atoms with E-state index in [1.54, 1.807) is 6.92 Å². The van der Waals surface area contributed by atoms with E-state index < -0.39 is 15.6 Å². The maximum atomic E-state index is 12.1. The van der Waals surface area contributed by atoms with Crippen molar-refractivity contribution in [1.82, 2.24) is 4.72 Å². The Hall–Kier alpha value is 0.160. The maximum Gasteiger partial charge on any atom is 0.212 e. The third-order valence-corrected chi connectivity index (χ3v) is 5.81. The molecule has 1 fully saturated rings. The Morgan fingerprint density at radius 2 is 2.22 bits per heavy atom. The van der Waals surface area contributed by atoms with Crippen molar-refractivity contribution in [3.05, 3.63) is 0 Å². The quantitative estimate of drug-likeness (QED) is 0.734. The van der Waals surface area contributed by atoms with Crippen molar-refractivity contribution >= 4 is 21.6 Å². The SMILES string of the molecule is CC1CCCC(CO)(NS(=O)(=O)CC(C)CCl)C1. The van der Waals surface area contributed by atoms with E-state index in [0.29, 0.717) is 24.6 Å². The highest BCUT2D eigenvalue weighted by molar-refractivity contribution is 7.89. The molecule has 0 spiro atoms. The molecule has 3 atom stereocenters. The van der Waals surface area contributed by atoms with E-state index in [4.69, 9.17) is 11.6 Å². The number of aliphatic hydroxyl groups is 1. The van der Waals surface area contributed by atoms with Crippen molar-refractivity contribution in [2.45, 2.75) is 45.1 Å². The predicted molar refractivity (Wildman–Crippen MR) is 74.3 cm³/mol. The molecule has 0 aromatic rings. The molecule has 0 saturated heterocycles. The predicted octanol–water partition coefficient (Wildman–Crippen LogP) is 1.72. The van der Waals surface area contributed by atoms with Crippen molar-refractivity contribution in [2.24, 2.45) is 11.8 Å². The van der Waals surface area contributed by atoms with E-state index in [1.807, 2.05) is 0 Å². The molecule has 0 aliphatic heterocycles. The third-order valence-electron chi connectivity index (χ3n) is 3.53. The lowest BCUT2D eigenvalue weighted by Gasteiger charge is -2.39. The standard InChI is InChI=1S/C12H24ClNO3S/c1-10-4-3-5-12(6-10,9-15)14-18(16,17)8-11(2)7-13/h10-11,14-15H,3-9H2,1-2H3. The second kappa shape index (κ2) is 6.55. The van der Waals surface area contributed by atoms with Crippen LogP contribution in [-0.4, -0.2) is 37.3 Å². The van der Waals surface area contributed by atoms with Gasteiger partial charge in [-0.2, -0.15) is 0 Å². The lowest BCUT2D eigenvalue weighted by atomic mass is 9.78. The first-order valence-corrected chi connectivity index (χ1v) is 8.69. The maximum absolute atomic E-state index is 12.1. The minimum atomic E-state index is -3.38. The number of sulfonamides is 1. The topological polar surface area (TPSA) is 66.4 Å². The summed E-state index contributed by atoms with van der Waals surface area (Å²) in [5.74, 6) is 0.704. The van der Waals surface area contributed by atoms with E-state index in [2.05, 4.69) is 11.6 Å². The molecule has 18 heavy (non-hydrogen) atoms. The largest absolute Gasteiger partial charge is 0.394 e. The Kier molecular flexibility index (Phi) is 5.90. The highest BCUT2D eigenvalue weighted by atomic mass is 35.5. The van der Waals surface area contributed by atoms with Crippen LogP contribution in [0, 0.1) is 11.8 Å². The van der Waals surface area contributed by atoms with Crippen molar-refractivity contribution in [3.63, 3.8) is 0 Å². The molecule has 2 N–H and O–H groups in total. The Balaban J connectivity index is 2.72. The van der Waals surface area contributed by atoms with Crippen LogP contribution in [0.1, 0.15) is 39.5 Å².